The second kappa shape index (κ2) is 10.2. The van der Waals surface area contributed by atoms with Crippen LogP contribution in [0.3, 0.4) is 0 Å². The molecule has 6 nitrogen and oxygen atoms in total. The van der Waals surface area contributed by atoms with Gasteiger partial charge in [0.2, 0.25) is 5.95 Å². The molecule has 0 unspecified atom stereocenters. The summed E-state index contributed by atoms with van der Waals surface area (Å²) >= 11 is 0. The zero-order valence-corrected chi connectivity index (χ0v) is 16.8. The van der Waals surface area contributed by atoms with E-state index in [0.717, 1.165) is 25.1 Å². The Hall–Kier alpha value is -3.41. The normalized spacial score (nSPS) is 10.6. The number of aromatic nitrogens is 2. The van der Waals surface area contributed by atoms with Gasteiger partial charge in [-0.05, 0) is 62.6 Å². The van der Waals surface area contributed by atoms with Crippen LogP contribution in [0.25, 0.3) is 0 Å². The Morgan fingerprint density at radius 2 is 1.79 bits per heavy atom. The van der Waals surface area contributed by atoms with E-state index < -0.39 is 0 Å². The molecule has 0 spiro atoms. The van der Waals surface area contributed by atoms with E-state index in [4.69, 9.17) is 4.74 Å². The van der Waals surface area contributed by atoms with Crippen LogP contribution in [0.15, 0.2) is 66.9 Å². The Bertz CT molecular complexity index is 912. The molecule has 2 aromatic carbocycles. The summed E-state index contributed by atoms with van der Waals surface area (Å²) in [5.41, 5.74) is 2.29. The topological polar surface area (TPSA) is 76.1 Å². The fourth-order valence-electron chi connectivity index (χ4n) is 2.79. The van der Waals surface area contributed by atoms with E-state index >= 15 is 0 Å². The summed E-state index contributed by atoms with van der Waals surface area (Å²) in [7, 11) is 0. The molecule has 1 amide bonds. The van der Waals surface area contributed by atoms with E-state index in [9.17, 15) is 4.79 Å². The van der Waals surface area contributed by atoms with Crippen LogP contribution in [0, 0.1) is 0 Å². The maximum absolute atomic E-state index is 12.5. The molecule has 0 fully saturated rings. The van der Waals surface area contributed by atoms with Gasteiger partial charge in [0.05, 0.1) is 6.10 Å². The highest BCUT2D eigenvalue weighted by Gasteiger charge is 2.09. The van der Waals surface area contributed by atoms with Gasteiger partial charge in [-0.2, -0.15) is 0 Å². The Balaban J connectivity index is 1.51. The number of nitrogens with one attached hydrogen (secondary N) is 2. The predicted octanol–water partition coefficient (Wildman–Crippen LogP) is 4.56. The van der Waals surface area contributed by atoms with E-state index in [1.165, 1.54) is 5.56 Å². The number of carbonyl (C=O) groups excluding carboxylic acids is 1. The monoisotopic (exact) mass is 390 g/mol. The van der Waals surface area contributed by atoms with Crippen LogP contribution in [0.2, 0.25) is 0 Å². The van der Waals surface area contributed by atoms with E-state index in [0.29, 0.717) is 17.3 Å². The van der Waals surface area contributed by atoms with Crippen molar-refractivity contribution in [3.63, 3.8) is 0 Å². The summed E-state index contributed by atoms with van der Waals surface area (Å²) in [5, 5.41) is 6.02. The molecular formula is C23H26N4O2. The van der Waals surface area contributed by atoms with Crippen molar-refractivity contribution in [1.82, 2.24) is 9.97 Å². The van der Waals surface area contributed by atoms with Gasteiger partial charge in [0.1, 0.15) is 11.4 Å². The lowest BCUT2D eigenvalue weighted by Crippen LogP contribution is -2.15. The number of hydrogen-bond donors (Lipinski definition) is 2. The first kappa shape index (κ1) is 20.3. The van der Waals surface area contributed by atoms with Crippen LogP contribution in [-0.2, 0) is 6.42 Å². The van der Waals surface area contributed by atoms with Crippen molar-refractivity contribution in [2.45, 2.75) is 32.8 Å². The first-order valence-electron chi connectivity index (χ1n) is 9.79. The predicted molar refractivity (Wildman–Crippen MR) is 115 cm³/mol. The summed E-state index contributed by atoms with van der Waals surface area (Å²) < 4.78 is 5.61. The van der Waals surface area contributed by atoms with Crippen molar-refractivity contribution in [2.24, 2.45) is 0 Å². The molecule has 0 aliphatic heterocycles. The molecule has 2 N–H and O–H groups in total. The van der Waals surface area contributed by atoms with Crippen LogP contribution in [0.1, 0.15) is 36.3 Å². The quantitative estimate of drug-likeness (QED) is 0.524. The average Bonchev–Trinajstić information content (AvgIpc) is 2.73. The van der Waals surface area contributed by atoms with Crippen LogP contribution in [0.4, 0.5) is 11.6 Å². The fourth-order valence-corrected chi connectivity index (χ4v) is 2.79. The van der Waals surface area contributed by atoms with Gasteiger partial charge in [0.15, 0.2) is 0 Å². The molecule has 0 aliphatic carbocycles. The molecule has 0 aliphatic rings. The van der Waals surface area contributed by atoms with Crippen LogP contribution in [0.5, 0.6) is 5.75 Å². The lowest BCUT2D eigenvalue weighted by Gasteiger charge is -2.11. The van der Waals surface area contributed by atoms with Crippen molar-refractivity contribution in [2.75, 3.05) is 17.2 Å². The summed E-state index contributed by atoms with van der Waals surface area (Å²) in [6, 6.07) is 19.2. The molecule has 29 heavy (non-hydrogen) atoms. The highest BCUT2D eigenvalue weighted by atomic mass is 16.5. The number of hydrogen-bond acceptors (Lipinski definition) is 5. The average molecular weight is 390 g/mol. The van der Waals surface area contributed by atoms with Gasteiger partial charge in [-0.3, -0.25) is 4.79 Å². The van der Waals surface area contributed by atoms with Gasteiger partial charge < -0.3 is 15.4 Å². The van der Waals surface area contributed by atoms with Gasteiger partial charge in [-0.1, -0.05) is 30.3 Å². The lowest BCUT2D eigenvalue weighted by atomic mass is 10.1. The van der Waals surface area contributed by atoms with Gasteiger partial charge in [-0.15, -0.1) is 0 Å². The number of rotatable bonds is 9. The van der Waals surface area contributed by atoms with Crippen LogP contribution in [-0.4, -0.2) is 28.5 Å². The molecule has 0 saturated carbocycles. The molecular weight excluding hydrogens is 364 g/mol. The minimum absolute atomic E-state index is 0.107. The van der Waals surface area contributed by atoms with Crippen molar-refractivity contribution in [3.05, 3.63) is 78.1 Å². The fraction of sp³-hybridized carbons (Fsp3) is 0.261. The van der Waals surface area contributed by atoms with E-state index in [2.05, 4.69) is 32.7 Å². The van der Waals surface area contributed by atoms with Crippen molar-refractivity contribution < 1.29 is 9.53 Å². The van der Waals surface area contributed by atoms with Gasteiger partial charge >= 0.3 is 0 Å². The molecule has 1 aromatic heterocycles. The summed E-state index contributed by atoms with van der Waals surface area (Å²) in [6.07, 6.45) is 3.62. The molecule has 1 heterocycles. The summed E-state index contributed by atoms with van der Waals surface area (Å²) in [5.74, 6) is 0.936. The standard InChI is InChI=1S/C23H26N4O2/c1-17(2)29-20-12-10-19(11-13-20)26-22(28)21-14-16-25-23(27-21)24-15-6-9-18-7-4-3-5-8-18/h3-5,7-8,10-14,16-17H,6,9,15H2,1-2H3,(H,26,28)(H,24,25,27). The number of carbonyl (C=O) groups is 1. The molecule has 0 saturated heterocycles. The minimum Gasteiger partial charge on any atom is -0.491 e. The van der Waals surface area contributed by atoms with Crippen molar-refractivity contribution in [1.29, 1.82) is 0 Å². The Morgan fingerprint density at radius 1 is 1.03 bits per heavy atom. The number of amides is 1. The Morgan fingerprint density at radius 3 is 2.52 bits per heavy atom. The SMILES string of the molecule is CC(C)Oc1ccc(NC(=O)c2ccnc(NCCCc3ccccc3)n2)cc1. The van der Waals surface area contributed by atoms with Gasteiger partial charge in [-0.25, -0.2) is 9.97 Å². The summed E-state index contributed by atoms with van der Waals surface area (Å²) in [4.78, 5) is 21.0. The highest BCUT2D eigenvalue weighted by molar-refractivity contribution is 6.02. The third kappa shape index (κ3) is 6.60. The Labute approximate surface area is 171 Å². The van der Waals surface area contributed by atoms with Crippen LogP contribution >= 0.6 is 0 Å². The number of aryl methyl sites for hydroxylation is 1. The molecule has 3 aromatic rings. The molecule has 6 heteroatoms. The Kier molecular flexibility index (Phi) is 7.16. The number of benzene rings is 2. The van der Waals surface area contributed by atoms with Gasteiger partial charge in [0.25, 0.3) is 5.91 Å². The molecule has 0 radical (unpaired) electrons. The largest absolute Gasteiger partial charge is 0.491 e. The molecule has 3 rings (SSSR count). The van der Waals surface area contributed by atoms with E-state index in [1.54, 1.807) is 24.4 Å². The van der Waals surface area contributed by atoms with E-state index in [-0.39, 0.29) is 12.0 Å². The number of nitrogens with zero attached hydrogens (tertiary/aromatic N) is 2. The molecule has 0 bridgehead atoms. The van der Waals surface area contributed by atoms with E-state index in [1.807, 2.05) is 44.2 Å². The van der Waals surface area contributed by atoms with Crippen molar-refractivity contribution >= 4 is 17.5 Å². The second-order valence-corrected chi connectivity index (χ2v) is 6.93. The third-order valence-electron chi connectivity index (χ3n) is 4.14. The summed E-state index contributed by atoms with van der Waals surface area (Å²) in [6.45, 7) is 4.67. The minimum atomic E-state index is -0.280. The zero-order valence-electron chi connectivity index (χ0n) is 16.8. The molecule has 150 valence electrons. The smallest absolute Gasteiger partial charge is 0.274 e. The first-order valence-corrected chi connectivity index (χ1v) is 9.79. The van der Waals surface area contributed by atoms with Crippen LogP contribution < -0.4 is 15.4 Å². The maximum Gasteiger partial charge on any atom is 0.274 e. The highest BCUT2D eigenvalue weighted by Crippen LogP contribution is 2.17. The zero-order chi connectivity index (χ0) is 20.5. The number of anilines is 2. The second-order valence-electron chi connectivity index (χ2n) is 6.93. The number of ether oxygens (including phenoxy) is 1. The van der Waals surface area contributed by atoms with Crippen molar-refractivity contribution in [3.8, 4) is 5.75 Å². The van der Waals surface area contributed by atoms with Gasteiger partial charge in [0, 0.05) is 18.4 Å². The third-order valence-corrected chi connectivity index (χ3v) is 4.14. The first-order chi connectivity index (χ1) is 14.1. The molecule has 0 atom stereocenters. The maximum atomic E-state index is 12.5. The lowest BCUT2D eigenvalue weighted by molar-refractivity contribution is 0.102.